The first-order chi connectivity index (χ1) is 6.15. The van der Waals surface area contributed by atoms with E-state index in [0.29, 0.717) is 17.9 Å². The second-order valence-electron chi connectivity index (χ2n) is 2.85. The van der Waals surface area contributed by atoms with E-state index in [1.54, 1.807) is 0 Å². The molecule has 0 saturated carbocycles. The zero-order chi connectivity index (χ0) is 9.59. The summed E-state index contributed by atoms with van der Waals surface area (Å²) in [6.07, 6.45) is 0.422. The largest absolute Gasteiger partial charge is 0.543 e. The van der Waals surface area contributed by atoms with Crippen molar-refractivity contribution in [1.29, 1.82) is 0 Å². The summed E-state index contributed by atoms with van der Waals surface area (Å²) >= 11 is 1.40. The number of carbonyl (C=O) groups excluding carboxylic acids is 2. The molecule has 3 N–H and O–H groups in total. The number of β-lactam (4-membered cyclic amide) rings is 1. The van der Waals surface area contributed by atoms with Crippen molar-refractivity contribution in [2.75, 3.05) is 6.54 Å². The van der Waals surface area contributed by atoms with Gasteiger partial charge < -0.3 is 15.6 Å². The topological polar surface area (TPSA) is 88.1 Å². The zero-order valence-electron chi connectivity index (χ0n) is 6.78. The highest BCUT2D eigenvalue weighted by molar-refractivity contribution is 8.04. The van der Waals surface area contributed by atoms with Crippen LogP contribution in [0.15, 0.2) is 10.6 Å². The van der Waals surface area contributed by atoms with Crippen LogP contribution in [0.3, 0.4) is 0 Å². The van der Waals surface area contributed by atoms with Crippen molar-refractivity contribution in [3.63, 3.8) is 0 Å². The van der Waals surface area contributed by atoms with E-state index in [1.807, 2.05) is 0 Å². The fourth-order valence-corrected chi connectivity index (χ4v) is 2.79. The Hall–Kier alpha value is -1.01. The monoisotopic (exact) mass is 200 g/mol. The SMILES string of the molecule is [NH3+]CC1=C(C(=O)[O-])N2C(=O)C[C@H]2S1. The molecule has 0 aromatic rings. The minimum atomic E-state index is -1.28. The van der Waals surface area contributed by atoms with Crippen LogP contribution in [0.2, 0.25) is 0 Å². The highest BCUT2D eigenvalue weighted by atomic mass is 32.2. The molecule has 1 atom stereocenters. The van der Waals surface area contributed by atoms with Gasteiger partial charge in [-0.15, -0.1) is 0 Å². The summed E-state index contributed by atoms with van der Waals surface area (Å²) in [4.78, 5) is 23.7. The minimum Gasteiger partial charge on any atom is -0.543 e. The summed E-state index contributed by atoms with van der Waals surface area (Å²) in [7, 11) is 0. The fraction of sp³-hybridized carbons (Fsp3) is 0.429. The Labute approximate surface area is 78.6 Å². The van der Waals surface area contributed by atoms with Crippen LogP contribution >= 0.6 is 11.8 Å². The van der Waals surface area contributed by atoms with Crippen molar-refractivity contribution >= 4 is 23.6 Å². The molecule has 13 heavy (non-hydrogen) atoms. The number of hydrogen-bond acceptors (Lipinski definition) is 4. The third kappa shape index (κ3) is 1.06. The van der Waals surface area contributed by atoms with E-state index < -0.39 is 5.97 Å². The van der Waals surface area contributed by atoms with Gasteiger partial charge in [-0.2, -0.15) is 0 Å². The number of hydrogen-bond donors (Lipinski definition) is 1. The molecular weight excluding hydrogens is 192 g/mol. The number of amides is 1. The Morgan fingerprint density at radius 1 is 1.77 bits per heavy atom. The number of thioether (sulfide) groups is 1. The van der Waals surface area contributed by atoms with Crippen LogP contribution in [-0.2, 0) is 9.59 Å². The van der Waals surface area contributed by atoms with Crippen molar-refractivity contribution in [1.82, 2.24) is 4.90 Å². The molecule has 0 bridgehead atoms. The van der Waals surface area contributed by atoms with Gasteiger partial charge in [0, 0.05) is 0 Å². The Morgan fingerprint density at radius 3 is 2.92 bits per heavy atom. The Bertz CT molecular complexity index is 326. The molecule has 0 unspecified atom stereocenters. The third-order valence-corrected chi connectivity index (χ3v) is 3.44. The van der Waals surface area contributed by atoms with Gasteiger partial charge in [0.15, 0.2) is 0 Å². The van der Waals surface area contributed by atoms with Crippen LogP contribution in [0.5, 0.6) is 0 Å². The summed E-state index contributed by atoms with van der Waals surface area (Å²) in [5.74, 6) is -1.41. The zero-order valence-corrected chi connectivity index (χ0v) is 7.60. The second-order valence-corrected chi connectivity index (χ2v) is 4.12. The standard InChI is InChI=1S/C7H8N2O3S/c8-2-3-6(7(11)12)9-4(10)1-5(9)13-3/h5H,1-2,8H2,(H,11,12)/t5-/m1/s1. The van der Waals surface area contributed by atoms with Crippen LogP contribution in [0.1, 0.15) is 6.42 Å². The van der Waals surface area contributed by atoms with E-state index >= 15 is 0 Å². The van der Waals surface area contributed by atoms with Crippen LogP contribution in [0.25, 0.3) is 0 Å². The predicted octanol–water partition coefficient (Wildman–Crippen LogP) is -2.50. The van der Waals surface area contributed by atoms with Gasteiger partial charge in [0.1, 0.15) is 6.54 Å². The van der Waals surface area contributed by atoms with Crippen LogP contribution in [0.4, 0.5) is 0 Å². The molecule has 2 heterocycles. The molecular formula is C7H8N2O3S. The molecule has 2 aliphatic rings. The van der Waals surface area contributed by atoms with Crippen molar-refractivity contribution in [3.8, 4) is 0 Å². The van der Waals surface area contributed by atoms with E-state index in [-0.39, 0.29) is 17.0 Å². The van der Waals surface area contributed by atoms with Gasteiger partial charge in [0.2, 0.25) is 5.91 Å². The molecule has 1 fully saturated rings. The van der Waals surface area contributed by atoms with Gasteiger partial charge >= 0.3 is 0 Å². The van der Waals surface area contributed by atoms with Gasteiger partial charge in [0.25, 0.3) is 0 Å². The van der Waals surface area contributed by atoms with E-state index in [4.69, 9.17) is 0 Å². The van der Waals surface area contributed by atoms with E-state index in [0.717, 1.165) is 0 Å². The average molecular weight is 200 g/mol. The summed E-state index contributed by atoms with van der Waals surface area (Å²) in [5, 5.41) is 10.7. The first kappa shape index (κ1) is 8.58. The summed E-state index contributed by atoms with van der Waals surface area (Å²) in [6.45, 7) is 0.397. The molecule has 70 valence electrons. The first-order valence-corrected chi connectivity index (χ1v) is 4.75. The smallest absolute Gasteiger partial charge is 0.231 e. The van der Waals surface area contributed by atoms with Crippen molar-refractivity contribution in [2.24, 2.45) is 0 Å². The third-order valence-electron chi connectivity index (χ3n) is 2.11. The number of rotatable bonds is 2. The fourth-order valence-electron chi connectivity index (χ4n) is 1.49. The Kier molecular flexibility index (Phi) is 1.81. The summed E-state index contributed by atoms with van der Waals surface area (Å²) in [6, 6.07) is 0. The van der Waals surface area contributed by atoms with Crippen molar-refractivity contribution < 1.29 is 20.4 Å². The normalized spacial score (nSPS) is 26.1. The molecule has 2 rings (SSSR count). The Morgan fingerprint density at radius 2 is 2.46 bits per heavy atom. The van der Waals surface area contributed by atoms with E-state index in [9.17, 15) is 14.7 Å². The molecule has 0 radical (unpaired) electrons. The van der Waals surface area contributed by atoms with Crippen molar-refractivity contribution in [2.45, 2.75) is 11.8 Å². The molecule has 0 aromatic carbocycles. The number of carboxylic acid groups (broad SMARTS) is 1. The molecule has 0 aliphatic carbocycles. The highest BCUT2D eigenvalue weighted by Gasteiger charge is 2.46. The number of nitrogens with zero attached hydrogens (tertiary/aromatic N) is 1. The van der Waals surface area contributed by atoms with E-state index in [2.05, 4.69) is 5.73 Å². The molecule has 1 amide bonds. The first-order valence-electron chi connectivity index (χ1n) is 3.87. The lowest BCUT2D eigenvalue weighted by Gasteiger charge is -2.35. The number of aliphatic carboxylic acids is 1. The molecule has 0 spiro atoms. The van der Waals surface area contributed by atoms with E-state index in [1.165, 1.54) is 16.7 Å². The van der Waals surface area contributed by atoms with Gasteiger partial charge in [-0.3, -0.25) is 9.69 Å². The summed E-state index contributed by atoms with van der Waals surface area (Å²) in [5.41, 5.74) is 3.64. The number of carbonyl (C=O) groups is 2. The quantitative estimate of drug-likeness (QED) is 0.499. The van der Waals surface area contributed by atoms with Gasteiger partial charge in [-0.1, -0.05) is 11.8 Å². The minimum absolute atomic E-state index is 0.0165. The van der Waals surface area contributed by atoms with Gasteiger partial charge in [-0.25, -0.2) is 0 Å². The molecule has 0 aromatic heterocycles. The molecule has 5 nitrogen and oxygen atoms in total. The second kappa shape index (κ2) is 2.74. The maximum absolute atomic E-state index is 11.1. The lowest BCUT2D eigenvalue weighted by Crippen LogP contribution is -2.52. The van der Waals surface area contributed by atoms with Gasteiger partial charge in [-0.05, 0) is 0 Å². The Balaban J connectivity index is 2.34. The van der Waals surface area contributed by atoms with Gasteiger partial charge in [0.05, 0.1) is 28.4 Å². The lowest BCUT2D eigenvalue weighted by molar-refractivity contribution is -0.354. The molecule has 2 aliphatic heterocycles. The van der Waals surface area contributed by atoms with Crippen LogP contribution in [-0.4, -0.2) is 28.7 Å². The highest BCUT2D eigenvalue weighted by Crippen LogP contribution is 2.44. The maximum atomic E-state index is 11.1. The lowest BCUT2D eigenvalue weighted by atomic mass is 10.1. The van der Waals surface area contributed by atoms with Crippen LogP contribution in [0, 0.1) is 0 Å². The summed E-state index contributed by atoms with van der Waals surface area (Å²) < 4.78 is 0. The van der Waals surface area contributed by atoms with Crippen molar-refractivity contribution in [3.05, 3.63) is 10.6 Å². The number of quaternary nitrogens is 1. The number of fused-ring (bicyclic) bond motifs is 1. The maximum Gasteiger partial charge on any atom is 0.231 e. The van der Waals surface area contributed by atoms with Crippen LogP contribution < -0.4 is 10.8 Å². The average Bonchev–Trinajstić information content (AvgIpc) is 2.37. The number of carboxylic acids is 1. The molecule has 1 saturated heterocycles. The molecule has 6 heteroatoms. The predicted molar refractivity (Wildman–Crippen MR) is 42.6 cm³/mol.